The summed E-state index contributed by atoms with van der Waals surface area (Å²) in [7, 11) is 0. The SMILES string of the molecule is C=CCOc1cccc(C2/C(=C(/O)c3ccc(C)cc3)C(=O)C(=O)N2CCCN(CC)CC)c1. The summed E-state index contributed by atoms with van der Waals surface area (Å²) in [6.45, 7) is 13.3. The van der Waals surface area contributed by atoms with Gasteiger partial charge in [-0.25, -0.2) is 0 Å². The molecule has 34 heavy (non-hydrogen) atoms. The van der Waals surface area contributed by atoms with Gasteiger partial charge >= 0.3 is 0 Å². The van der Waals surface area contributed by atoms with Crippen molar-refractivity contribution in [1.29, 1.82) is 0 Å². The van der Waals surface area contributed by atoms with Crippen LogP contribution in [0.15, 0.2) is 66.8 Å². The highest BCUT2D eigenvalue weighted by molar-refractivity contribution is 6.46. The molecule has 0 aromatic heterocycles. The van der Waals surface area contributed by atoms with Gasteiger partial charge < -0.3 is 19.6 Å². The van der Waals surface area contributed by atoms with Gasteiger partial charge in [-0.15, -0.1) is 0 Å². The molecule has 6 nitrogen and oxygen atoms in total. The third-order valence-corrected chi connectivity index (χ3v) is 6.17. The van der Waals surface area contributed by atoms with Gasteiger partial charge in [-0.3, -0.25) is 9.59 Å². The van der Waals surface area contributed by atoms with Crippen LogP contribution in [-0.2, 0) is 9.59 Å². The average Bonchev–Trinajstić information content (AvgIpc) is 3.10. The van der Waals surface area contributed by atoms with Crippen LogP contribution in [0.2, 0.25) is 0 Å². The van der Waals surface area contributed by atoms with Crippen molar-refractivity contribution in [2.24, 2.45) is 0 Å². The number of nitrogens with zero attached hydrogens (tertiary/aromatic N) is 2. The van der Waals surface area contributed by atoms with E-state index in [0.29, 0.717) is 24.5 Å². The maximum absolute atomic E-state index is 13.2. The number of carbonyl (C=O) groups is 2. The van der Waals surface area contributed by atoms with E-state index in [1.165, 1.54) is 0 Å². The van der Waals surface area contributed by atoms with Crippen LogP contribution in [0, 0.1) is 6.92 Å². The van der Waals surface area contributed by atoms with Crippen LogP contribution >= 0.6 is 0 Å². The first-order valence-electron chi connectivity index (χ1n) is 11.8. The number of rotatable bonds is 11. The van der Waals surface area contributed by atoms with E-state index in [2.05, 4.69) is 25.3 Å². The summed E-state index contributed by atoms with van der Waals surface area (Å²) in [5, 5.41) is 11.2. The van der Waals surface area contributed by atoms with Gasteiger partial charge in [0.2, 0.25) is 0 Å². The summed E-state index contributed by atoms with van der Waals surface area (Å²) < 4.78 is 5.69. The number of likely N-dealkylation sites (tertiary alicyclic amines) is 1. The Kier molecular flexibility index (Phi) is 8.66. The number of ether oxygens (including phenoxy) is 1. The number of Topliss-reactive ketones (excluding diaryl/α,β-unsaturated/α-hetero) is 1. The number of hydrogen-bond donors (Lipinski definition) is 1. The lowest BCUT2D eigenvalue weighted by Gasteiger charge is -2.27. The molecule has 0 bridgehead atoms. The zero-order valence-electron chi connectivity index (χ0n) is 20.3. The molecule has 1 fully saturated rings. The fraction of sp³-hybridized carbons (Fsp3) is 0.357. The predicted molar refractivity (Wildman–Crippen MR) is 135 cm³/mol. The summed E-state index contributed by atoms with van der Waals surface area (Å²) in [6, 6.07) is 13.9. The van der Waals surface area contributed by atoms with E-state index < -0.39 is 17.7 Å². The standard InChI is InChI=1S/C28H34N2O4/c1-5-18-34-23-11-8-10-22(19-23)25-24(26(31)21-14-12-20(4)13-15-21)27(32)28(33)30(25)17-9-16-29(6-2)7-3/h5,8,10-15,19,25,31H,1,6-7,9,16-18H2,2-4H3/b26-24-. The fourth-order valence-corrected chi connectivity index (χ4v) is 4.26. The average molecular weight is 463 g/mol. The van der Waals surface area contributed by atoms with Crippen molar-refractivity contribution < 1.29 is 19.4 Å². The van der Waals surface area contributed by atoms with E-state index in [9.17, 15) is 14.7 Å². The second kappa shape index (κ2) is 11.7. The van der Waals surface area contributed by atoms with Gasteiger partial charge in [0.15, 0.2) is 0 Å². The zero-order chi connectivity index (χ0) is 24.7. The van der Waals surface area contributed by atoms with E-state index in [-0.39, 0.29) is 11.3 Å². The van der Waals surface area contributed by atoms with Crippen molar-refractivity contribution in [3.63, 3.8) is 0 Å². The molecule has 0 spiro atoms. The second-order valence-electron chi connectivity index (χ2n) is 8.41. The molecule has 0 aliphatic carbocycles. The van der Waals surface area contributed by atoms with Gasteiger partial charge in [0.25, 0.3) is 11.7 Å². The molecule has 0 saturated carbocycles. The second-order valence-corrected chi connectivity index (χ2v) is 8.41. The number of amides is 1. The zero-order valence-corrected chi connectivity index (χ0v) is 20.3. The molecule has 3 rings (SSSR count). The summed E-state index contributed by atoms with van der Waals surface area (Å²) >= 11 is 0. The van der Waals surface area contributed by atoms with Gasteiger partial charge in [-0.05, 0) is 50.7 Å². The highest BCUT2D eigenvalue weighted by Crippen LogP contribution is 2.40. The Morgan fingerprint density at radius 1 is 1.15 bits per heavy atom. The topological polar surface area (TPSA) is 70.1 Å². The van der Waals surface area contributed by atoms with Crippen molar-refractivity contribution in [2.45, 2.75) is 33.2 Å². The van der Waals surface area contributed by atoms with E-state index in [4.69, 9.17) is 4.74 Å². The lowest BCUT2D eigenvalue weighted by Crippen LogP contribution is -2.33. The fourth-order valence-electron chi connectivity index (χ4n) is 4.26. The highest BCUT2D eigenvalue weighted by Gasteiger charge is 2.45. The monoisotopic (exact) mass is 462 g/mol. The van der Waals surface area contributed by atoms with Crippen molar-refractivity contribution in [1.82, 2.24) is 9.80 Å². The third-order valence-electron chi connectivity index (χ3n) is 6.17. The maximum Gasteiger partial charge on any atom is 0.295 e. The molecule has 1 aliphatic heterocycles. The molecule has 1 amide bonds. The Morgan fingerprint density at radius 2 is 1.85 bits per heavy atom. The minimum Gasteiger partial charge on any atom is -0.507 e. The van der Waals surface area contributed by atoms with Crippen LogP contribution in [0.25, 0.3) is 5.76 Å². The van der Waals surface area contributed by atoms with Gasteiger partial charge in [0.1, 0.15) is 18.1 Å². The molecule has 2 aromatic carbocycles. The molecule has 1 aliphatic rings. The van der Waals surface area contributed by atoms with Gasteiger partial charge in [-0.1, -0.05) is 68.5 Å². The molecule has 180 valence electrons. The first-order valence-corrected chi connectivity index (χ1v) is 11.8. The minimum absolute atomic E-state index is 0.109. The highest BCUT2D eigenvalue weighted by atomic mass is 16.5. The summed E-state index contributed by atoms with van der Waals surface area (Å²) in [5.41, 5.74) is 2.38. The summed E-state index contributed by atoms with van der Waals surface area (Å²) in [4.78, 5) is 30.2. The molecule has 6 heteroatoms. The van der Waals surface area contributed by atoms with Crippen LogP contribution in [-0.4, -0.2) is 59.4 Å². The predicted octanol–water partition coefficient (Wildman–Crippen LogP) is 4.71. The van der Waals surface area contributed by atoms with E-state index in [1.54, 1.807) is 23.1 Å². The number of aliphatic hydroxyl groups is 1. The van der Waals surface area contributed by atoms with Crippen LogP contribution in [0.3, 0.4) is 0 Å². The smallest absolute Gasteiger partial charge is 0.295 e. The number of aliphatic hydroxyl groups excluding tert-OH is 1. The van der Waals surface area contributed by atoms with Gasteiger partial charge in [0, 0.05) is 12.1 Å². The number of ketones is 1. The number of carbonyl (C=O) groups excluding carboxylic acids is 2. The maximum atomic E-state index is 13.2. The molecular weight excluding hydrogens is 428 g/mol. The first kappa shape index (κ1) is 25.2. The molecular formula is C28H34N2O4. The molecule has 1 saturated heterocycles. The minimum atomic E-state index is -0.690. The van der Waals surface area contributed by atoms with E-state index in [1.807, 2.05) is 43.3 Å². The van der Waals surface area contributed by atoms with Crippen molar-refractivity contribution >= 4 is 17.4 Å². The molecule has 2 aromatic rings. The first-order chi connectivity index (χ1) is 16.4. The van der Waals surface area contributed by atoms with Crippen molar-refractivity contribution in [2.75, 3.05) is 32.8 Å². The Hall–Kier alpha value is -3.38. The Labute approximate surface area is 202 Å². The van der Waals surface area contributed by atoms with Crippen molar-refractivity contribution in [3.05, 3.63) is 83.4 Å². The summed E-state index contributed by atoms with van der Waals surface area (Å²) in [5.74, 6) is -0.799. The molecule has 1 heterocycles. The Bertz CT molecular complexity index is 1050. The number of benzene rings is 2. The van der Waals surface area contributed by atoms with E-state index >= 15 is 0 Å². The lowest BCUT2D eigenvalue weighted by molar-refractivity contribution is -0.140. The molecule has 1 atom stereocenters. The van der Waals surface area contributed by atoms with Crippen molar-refractivity contribution in [3.8, 4) is 5.75 Å². The third kappa shape index (κ3) is 5.57. The molecule has 1 N–H and O–H groups in total. The van der Waals surface area contributed by atoms with Crippen LogP contribution in [0.5, 0.6) is 5.75 Å². The van der Waals surface area contributed by atoms with Gasteiger partial charge in [-0.2, -0.15) is 0 Å². The van der Waals surface area contributed by atoms with Crippen LogP contribution < -0.4 is 4.74 Å². The summed E-state index contributed by atoms with van der Waals surface area (Å²) in [6.07, 6.45) is 2.38. The Morgan fingerprint density at radius 3 is 2.50 bits per heavy atom. The quantitative estimate of drug-likeness (QED) is 0.227. The van der Waals surface area contributed by atoms with Gasteiger partial charge in [0.05, 0.1) is 11.6 Å². The normalized spacial score (nSPS) is 17.4. The van der Waals surface area contributed by atoms with Crippen LogP contribution in [0.4, 0.5) is 0 Å². The van der Waals surface area contributed by atoms with E-state index in [0.717, 1.165) is 37.2 Å². The van der Waals surface area contributed by atoms with Crippen LogP contribution in [0.1, 0.15) is 43.0 Å². The number of aryl methyl sites for hydroxylation is 1. The largest absolute Gasteiger partial charge is 0.507 e. The lowest BCUT2D eigenvalue weighted by atomic mass is 9.95. The Balaban J connectivity index is 2.04. The number of hydrogen-bond acceptors (Lipinski definition) is 5. The molecule has 1 unspecified atom stereocenters. The molecule has 0 radical (unpaired) electrons.